The highest BCUT2D eigenvalue weighted by atomic mass is 32.2. The number of benzene rings is 2. The Morgan fingerprint density at radius 1 is 1.20 bits per heavy atom. The van der Waals surface area contributed by atoms with Gasteiger partial charge in [0.25, 0.3) is 0 Å². The van der Waals surface area contributed by atoms with Crippen LogP contribution in [0.25, 0.3) is 11.5 Å². The zero-order valence-corrected chi connectivity index (χ0v) is 17.7. The average Bonchev–Trinajstić information content (AvgIpc) is 3.35. The van der Waals surface area contributed by atoms with Gasteiger partial charge in [-0.1, -0.05) is 29.8 Å². The highest BCUT2D eigenvalue weighted by molar-refractivity contribution is 8.00. The number of carboxylic acid groups (broad SMARTS) is 1. The summed E-state index contributed by atoms with van der Waals surface area (Å²) in [6, 6.07) is 15.5. The van der Waals surface area contributed by atoms with Gasteiger partial charge in [0.15, 0.2) is 0 Å². The number of nitrogens with one attached hydrogen (secondary N) is 1. The number of aromatic nitrogens is 1. The van der Waals surface area contributed by atoms with Crippen molar-refractivity contribution in [2.45, 2.75) is 38.3 Å². The Morgan fingerprint density at radius 2 is 1.93 bits per heavy atom. The summed E-state index contributed by atoms with van der Waals surface area (Å²) in [5, 5.41) is 12.3. The van der Waals surface area contributed by atoms with E-state index in [4.69, 9.17) is 14.3 Å². The second kappa shape index (κ2) is 8.93. The summed E-state index contributed by atoms with van der Waals surface area (Å²) in [5.41, 5.74) is 4.06. The summed E-state index contributed by atoms with van der Waals surface area (Å²) in [7, 11) is 0. The zero-order valence-electron chi connectivity index (χ0n) is 16.9. The van der Waals surface area contributed by atoms with Crippen molar-refractivity contribution in [3.8, 4) is 17.2 Å². The summed E-state index contributed by atoms with van der Waals surface area (Å²) < 4.78 is 11.7. The molecule has 2 atom stereocenters. The molecule has 0 radical (unpaired) electrons. The molecule has 0 saturated carbocycles. The van der Waals surface area contributed by atoms with Crippen LogP contribution in [0.5, 0.6) is 5.75 Å². The quantitative estimate of drug-likeness (QED) is 0.588. The van der Waals surface area contributed by atoms with Crippen LogP contribution in [0.3, 0.4) is 0 Å². The van der Waals surface area contributed by atoms with Crippen LogP contribution in [0, 0.1) is 13.8 Å². The number of carboxylic acids is 1. The molecule has 1 aromatic heterocycles. The van der Waals surface area contributed by atoms with E-state index in [9.17, 15) is 4.79 Å². The molecule has 1 fully saturated rings. The Labute approximate surface area is 179 Å². The molecule has 1 aliphatic rings. The lowest BCUT2D eigenvalue weighted by Gasteiger charge is -2.11. The van der Waals surface area contributed by atoms with Gasteiger partial charge in [-0.3, -0.25) is 10.1 Å². The van der Waals surface area contributed by atoms with Crippen molar-refractivity contribution in [1.82, 2.24) is 10.3 Å². The highest BCUT2D eigenvalue weighted by Gasteiger charge is 2.29. The predicted molar refractivity (Wildman–Crippen MR) is 117 cm³/mol. The molecule has 1 aliphatic heterocycles. The van der Waals surface area contributed by atoms with E-state index >= 15 is 0 Å². The molecule has 30 heavy (non-hydrogen) atoms. The minimum absolute atomic E-state index is 0.121. The van der Waals surface area contributed by atoms with Gasteiger partial charge in [0, 0.05) is 11.3 Å². The number of rotatable bonds is 7. The second-order valence-electron chi connectivity index (χ2n) is 7.40. The third-order valence-corrected chi connectivity index (χ3v) is 6.29. The highest BCUT2D eigenvalue weighted by Crippen LogP contribution is 2.25. The topological polar surface area (TPSA) is 84.6 Å². The molecule has 1 saturated heterocycles. The van der Waals surface area contributed by atoms with Crippen molar-refractivity contribution in [3.63, 3.8) is 0 Å². The average molecular weight is 425 g/mol. The fourth-order valence-electron chi connectivity index (χ4n) is 3.26. The van der Waals surface area contributed by atoms with Crippen LogP contribution in [0.1, 0.15) is 22.6 Å². The number of nitrogens with zero attached hydrogens (tertiary/aromatic N) is 1. The molecule has 6 nitrogen and oxygen atoms in total. The molecule has 0 aliphatic carbocycles. The van der Waals surface area contributed by atoms with Gasteiger partial charge in [0.1, 0.15) is 29.9 Å². The van der Waals surface area contributed by atoms with E-state index in [1.165, 1.54) is 5.56 Å². The van der Waals surface area contributed by atoms with E-state index in [1.807, 2.05) is 62.4 Å². The Bertz CT molecular complexity index is 1010. The Hall–Kier alpha value is -2.77. The number of aryl methyl sites for hydroxylation is 2. The van der Waals surface area contributed by atoms with Crippen LogP contribution in [0.4, 0.5) is 0 Å². The van der Waals surface area contributed by atoms with Crippen LogP contribution in [0.2, 0.25) is 0 Å². The van der Waals surface area contributed by atoms with Crippen molar-refractivity contribution < 1.29 is 19.1 Å². The first-order valence-electron chi connectivity index (χ1n) is 9.83. The largest absolute Gasteiger partial charge is 0.487 e. The molecule has 2 heterocycles. The van der Waals surface area contributed by atoms with Crippen LogP contribution in [0.15, 0.2) is 52.9 Å². The monoisotopic (exact) mass is 424 g/mol. The Balaban J connectivity index is 1.33. The number of carbonyl (C=O) groups is 1. The van der Waals surface area contributed by atoms with Crippen molar-refractivity contribution in [3.05, 3.63) is 71.1 Å². The van der Waals surface area contributed by atoms with Crippen molar-refractivity contribution in [1.29, 1.82) is 0 Å². The lowest BCUT2D eigenvalue weighted by atomic mass is 10.1. The smallest absolute Gasteiger partial charge is 0.321 e. The molecular formula is C23H24N2O4S. The lowest BCUT2D eigenvalue weighted by Crippen LogP contribution is -2.37. The molecule has 156 valence electrons. The van der Waals surface area contributed by atoms with Gasteiger partial charge in [0.2, 0.25) is 5.89 Å². The number of thioether (sulfide) groups is 1. The summed E-state index contributed by atoms with van der Waals surface area (Å²) in [4.78, 5) is 15.6. The van der Waals surface area contributed by atoms with E-state index in [-0.39, 0.29) is 5.37 Å². The number of aliphatic carboxylic acids is 1. The van der Waals surface area contributed by atoms with Gasteiger partial charge in [-0.25, -0.2) is 4.98 Å². The van der Waals surface area contributed by atoms with Crippen LogP contribution in [-0.2, 0) is 17.8 Å². The first-order chi connectivity index (χ1) is 14.5. The van der Waals surface area contributed by atoms with Gasteiger partial charge in [0.05, 0.1) is 5.37 Å². The van der Waals surface area contributed by atoms with Gasteiger partial charge in [-0.05, 0) is 50.1 Å². The van der Waals surface area contributed by atoms with Gasteiger partial charge in [-0.2, -0.15) is 0 Å². The van der Waals surface area contributed by atoms with Gasteiger partial charge >= 0.3 is 5.97 Å². The normalized spacial score (nSPS) is 18.5. The Kier molecular flexibility index (Phi) is 6.11. The molecule has 2 aromatic carbocycles. The van der Waals surface area contributed by atoms with Crippen LogP contribution >= 0.6 is 11.8 Å². The molecule has 7 heteroatoms. The van der Waals surface area contributed by atoms with Crippen molar-refractivity contribution in [2.24, 2.45) is 0 Å². The molecule has 3 aromatic rings. The summed E-state index contributed by atoms with van der Waals surface area (Å²) in [6.07, 6.45) is 0.775. The number of hydrogen-bond donors (Lipinski definition) is 2. The summed E-state index contributed by atoms with van der Waals surface area (Å²) >= 11 is 1.65. The molecule has 0 spiro atoms. The molecular weight excluding hydrogens is 400 g/mol. The summed E-state index contributed by atoms with van der Waals surface area (Å²) in [5.74, 6) is 1.92. The molecule has 4 rings (SSSR count). The molecule has 1 unspecified atom stereocenters. The third-order valence-electron chi connectivity index (χ3n) is 5.06. The fraction of sp³-hybridized carbons (Fsp3) is 0.304. The molecule has 0 bridgehead atoms. The second-order valence-corrected chi connectivity index (χ2v) is 8.64. The molecule has 2 N–H and O–H groups in total. The minimum atomic E-state index is -0.789. The van der Waals surface area contributed by atoms with Gasteiger partial charge in [-0.15, -0.1) is 11.8 Å². The maximum atomic E-state index is 11.0. The maximum absolute atomic E-state index is 11.0. The van der Waals surface area contributed by atoms with E-state index in [1.54, 1.807) is 11.8 Å². The number of hydrogen-bond acceptors (Lipinski definition) is 6. The fourth-order valence-corrected chi connectivity index (χ4v) is 4.50. The van der Waals surface area contributed by atoms with E-state index in [0.29, 0.717) is 18.3 Å². The van der Waals surface area contributed by atoms with Crippen LogP contribution < -0.4 is 10.1 Å². The van der Waals surface area contributed by atoms with Gasteiger partial charge < -0.3 is 14.3 Å². The minimum Gasteiger partial charge on any atom is -0.487 e. The van der Waals surface area contributed by atoms with E-state index in [2.05, 4.69) is 10.3 Å². The van der Waals surface area contributed by atoms with E-state index in [0.717, 1.165) is 34.8 Å². The third kappa shape index (κ3) is 4.86. The zero-order chi connectivity index (χ0) is 21.1. The SMILES string of the molecule is Cc1ccc(-c2nc(COc3ccc(CC4N[C@H](C(=O)O)CS4)cc3)c(C)o2)cc1. The number of oxazole rings is 1. The van der Waals surface area contributed by atoms with E-state index < -0.39 is 12.0 Å². The van der Waals surface area contributed by atoms with Crippen molar-refractivity contribution >= 4 is 17.7 Å². The maximum Gasteiger partial charge on any atom is 0.321 e. The first kappa shape index (κ1) is 20.5. The van der Waals surface area contributed by atoms with Crippen molar-refractivity contribution in [2.75, 3.05) is 5.75 Å². The summed E-state index contributed by atoms with van der Waals surface area (Å²) in [6.45, 7) is 4.27. The first-order valence-corrected chi connectivity index (χ1v) is 10.9. The molecule has 0 amide bonds. The predicted octanol–water partition coefficient (Wildman–Crippen LogP) is 4.20. The standard InChI is InChI=1S/C23H24N2O4S/c1-14-3-7-17(8-4-14)22-25-19(15(2)29-22)12-28-18-9-5-16(6-10-18)11-21-24-20(13-30-21)23(26)27/h3-10,20-21,24H,11-13H2,1-2H3,(H,26,27)/t20-,21?/m0/s1. The van der Waals surface area contributed by atoms with Crippen LogP contribution in [-0.4, -0.2) is 33.2 Å². The lowest BCUT2D eigenvalue weighted by molar-refractivity contribution is -0.138. The number of ether oxygens (including phenoxy) is 1. The Morgan fingerprint density at radius 3 is 2.60 bits per heavy atom.